The molecule has 0 spiro atoms. The van der Waals surface area contributed by atoms with Gasteiger partial charge in [-0.15, -0.1) is 0 Å². The second-order valence-electron chi connectivity index (χ2n) is 7.28. The van der Waals surface area contributed by atoms with E-state index >= 15 is 0 Å². The predicted octanol–water partition coefficient (Wildman–Crippen LogP) is 3.25. The molecule has 5 heteroatoms. The van der Waals surface area contributed by atoms with Gasteiger partial charge in [0, 0.05) is 39.3 Å². The molecule has 0 aromatic heterocycles. The first kappa shape index (κ1) is 20.5. The smallest absolute Gasteiger partial charge is 0.160 e. The van der Waals surface area contributed by atoms with Crippen LogP contribution in [0.25, 0.3) is 0 Å². The number of piperazine rings is 1. The highest BCUT2D eigenvalue weighted by molar-refractivity contribution is 5.42. The molecule has 152 valence electrons. The molecule has 1 aliphatic rings. The zero-order chi connectivity index (χ0) is 19.8. The van der Waals surface area contributed by atoms with Crippen LogP contribution < -0.4 is 14.2 Å². The number of aryl methyl sites for hydroxylation is 1. The Labute approximate surface area is 168 Å². The minimum atomic E-state index is 0.745. The maximum Gasteiger partial charge on any atom is 0.160 e. The van der Waals surface area contributed by atoms with Gasteiger partial charge in [-0.2, -0.15) is 0 Å². The molecule has 1 heterocycles. The van der Waals surface area contributed by atoms with Gasteiger partial charge in [-0.3, -0.25) is 4.90 Å². The molecule has 0 aliphatic carbocycles. The van der Waals surface area contributed by atoms with Gasteiger partial charge in [0.2, 0.25) is 0 Å². The molecule has 0 radical (unpaired) electrons. The quantitative estimate of drug-likeness (QED) is 0.663. The largest absolute Gasteiger partial charge is 0.493 e. The van der Waals surface area contributed by atoms with Gasteiger partial charge in [-0.1, -0.05) is 23.8 Å². The fourth-order valence-corrected chi connectivity index (χ4v) is 3.49. The Hall–Kier alpha value is -2.24. The molecule has 1 aliphatic heterocycles. The third-order valence-corrected chi connectivity index (χ3v) is 5.33. The summed E-state index contributed by atoms with van der Waals surface area (Å²) in [5.41, 5.74) is 2.54. The van der Waals surface area contributed by atoms with Crippen molar-refractivity contribution in [2.75, 3.05) is 60.1 Å². The number of hydrogen-bond acceptors (Lipinski definition) is 5. The summed E-state index contributed by atoms with van der Waals surface area (Å²) in [4.78, 5) is 5.02. The molecule has 1 saturated heterocycles. The Morgan fingerprint density at radius 2 is 1.43 bits per heavy atom. The van der Waals surface area contributed by atoms with Gasteiger partial charge in [0.05, 0.1) is 14.2 Å². The minimum Gasteiger partial charge on any atom is -0.493 e. The molecular formula is C23H32N2O3. The van der Waals surface area contributed by atoms with Crippen LogP contribution in [-0.2, 0) is 6.42 Å². The lowest BCUT2D eigenvalue weighted by Gasteiger charge is -2.34. The van der Waals surface area contributed by atoms with Gasteiger partial charge >= 0.3 is 0 Å². The number of benzene rings is 2. The zero-order valence-electron chi connectivity index (χ0n) is 17.3. The maximum atomic E-state index is 5.86. The number of nitrogens with zero attached hydrogens (tertiary/aromatic N) is 2. The molecule has 5 nitrogen and oxygen atoms in total. The van der Waals surface area contributed by atoms with Crippen molar-refractivity contribution in [3.8, 4) is 17.2 Å². The van der Waals surface area contributed by atoms with E-state index in [0.29, 0.717) is 0 Å². The first-order chi connectivity index (χ1) is 13.7. The van der Waals surface area contributed by atoms with Crippen molar-refractivity contribution in [2.24, 2.45) is 0 Å². The monoisotopic (exact) mass is 384 g/mol. The molecule has 0 N–H and O–H groups in total. The van der Waals surface area contributed by atoms with Crippen LogP contribution >= 0.6 is 0 Å². The summed E-state index contributed by atoms with van der Waals surface area (Å²) in [6.45, 7) is 9.31. The fraction of sp³-hybridized carbons (Fsp3) is 0.478. The standard InChI is InChI=1S/C23H32N2O3/c1-19-4-7-21(8-5-19)28-17-16-25-14-12-24(13-15-25)11-10-20-6-9-22(26-2)23(18-20)27-3/h4-9,18H,10-17H2,1-3H3. The van der Waals surface area contributed by atoms with Crippen molar-refractivity contribution in [3.05, 3.63) is 53.6 Å². The van der Waals surface area contributed by atoms with Crippen LogP contribution in [0.3, 0.4) is 0 Å². The maximum absolute atomic E-state index is 5.86. The summed E-state index contributed by atoms with van der Waals surface area (Å²) in [5.74, 6) is 2.55. The van der Waals surface area contributed by atoms with Crippen molar-refractivity contribution in [1.29, 1.82) is 0 Å². The van der Waals surface area contributed by atoms with E-state index in [9.17, 15) is 0 Å². The van der Waals surface area contributed by atoms with Crippen molar-refractivity contribution < 1.29 is 14.2 Å². The SMILES string of the molecule is COc1ccc(CCN2CCN(CCOc3ccc(C)cc3)CC2)cc1OC. The van der Waals surface area contributed by atoms with Gasteiger partial charge in [0.25, 0.3) is 0 Å². The van der Waals surface area contributed by atoms with Gasteiger partial charge in [0.15, 0.2) is 11.5 Å². The Balaban J connectivity index is 1.35. The number of ether oxygens (including phenoxy) is 3. The predicted molar refractivity (Wildman–Crippen MR) is 113 cm³/mol. The lowest BCUT2D eigenvalue weighted by Crippen LogP contribution is -2.47. The van der Waals surface area contributed by atoms with Gasteiger partial charge < -0.3 is 19.1 Å². The Kier molecular flexibility index (Phi) is 7.57. The van der Waals surface area contributed by atoms with Gasteiger partial charge in [0.1, 0.15) is 12.4 Å². The van der Waals surface area contributed by atoms with Crippen LogP contribution in [0, 0.1) is 6.92 Å². The van der Waals surface area contributed by atoms with Crippen LogP contribution in [0.1, 0.15) is 11.1 Å². The lowest BCUT2D eigenvalue weighted by molar-refractivity contribution is 0.118. The highest BCUT2D eigenvalue weighted by atomic mass is 16.5. The van der Waals surface area contributed by atoms with Gasteiger partial charge in [-0.05, 0) is 43.2 Å². The topological polar surface area (TPSA) is 34.2 Å². The molecule has 3 rings (SSSR count). The molecule has 0 atom stereocenters. The second-order valence-corrected chi connectivity index (χ2v) is 7.28. The summed E-state index contributed by atoms with van der Waals surface area (Å²) in [5, 5.41) is 0. The van der Waals surface area contributed by atoms with E-state index in [0.717, 1.165) is 69.5 Å². The first-order valence-electron chi connectivity index (χ1n) is 10.0. The summed E-state index contributed by atoms with van der Waals surface area (Å²) in [6, 6.07) is 14.5. The van der Waals surface area contributed by atoms with Crippen molar-refractivity contribution in [3.63, 3.8) is 0 Å². The van der Waals surface area contributed by atoms with Crippen molar-refractivity contribution in [2.45, 2.75) is 13.3 Å². The molecule has 0 amide bonds. The van der Waals surface area contributed by atoms with Crippen LogP contribution in [0.4, 0.5) is 0 Å². The Morgan fingerprint density at radius 3 is 2.07 bits per heavy atom. The third kappa shape index (κ3) is 5.88. The van der Waals surface area contributed by atoms with Crippen molar-refractivity contribution >= 4 is 0 Å². The third-order valence-electron chi connectivity index (χ3n) is 5.33. The van der Waals surface area contributed by atoms with E-state index in [-0.39, 0.29) is 0 Å². The highest BCUT2D eigenvalue weighted by Gasteiger charge is 2.16. The van der Waals surface area contributed by atoms with E-state index in [1.165, 1.54) is 11.1 Å². The van der Waals surface area contributed by atoms with Crippen molar-refractivity contribution in [1.82, 2.24) is 9.80 Å². The lowest BCUT2D eigenvalue weighted by atomic mass is 10.1. The molecule has 2 aromatic rings. The molecule has 28 heavy (non-hydrogen) atoms. The summed E-state index contributed by atoms with van der Waals surface area (Å²) >= 11 is 0. The van der Waals surface area contributed by atoms with Crippen LogP contribution in [0.5, 0.6) is 17.2 Å². The molecule has 2 aromatic carbocycles. The average Bonchev–Trinajstić information content (AvgIpc) is 2.74. The Morgan fingerprint density at radius 1 is 0.786 bits per heavy atom. The molecular weight excluding hydrogens is 352 g/mol. The number of methoxy groups -OCH3 is 2. The Bertz CT molecular complexity index is 725. The van der Waals surface area contributed by atoms with Crippen LogP contribution in [0.15, 0.2) is 42.5 Å². The second kappa shape index (κ2) is 10.3. The summed E-state index contributed by atoms with van der Waals surface area (Å²) in [6.07, 6.45) is 1.02. The van der Waals surface area contributed by atoms with E-state index in [1.54, 1.807) is 14.2 Å². The van der Waals surface area contributed by atoms with Crippen LogP contribution in [-0.4, -0.2) is 69.9 Å². The molecule has 1 fully saturated rings. The van der Waals surface area contributed by atoms with E-state index < -0.39 is 0 Å². The van der Waals surface area contributed by atoms with E-state index in [2.05, 4.69) is 41.0 Å². The minimum absolute atomic E-state index is 0.745. The fourth-order valence-electron chi connectivity index (χ4n) is 3.49. The molecule has 0 saturated carbocycles. The van der Waals surface area contributed by atoms with E-state index in [1.807, 2.05) is 18.2 Å². The summed E-state index contributed by atoms with van der Waals surface area (Å²) < 4.78 is 16.6. The summed E-state index contributed by atoms with van der Waals surface area (Å²) in [7, 11) is 3.35. The number of rotatable bonds is 9. The van der Waals surface area contributed by atoms with Gasteiger partial charge in [-0.25, -0.2) is 0 Å². The molecule has 0 unspecified atom stereocenters. The number of hydrogen-bond donors (Lipinski definition) is 0. The van der Waals surface area contributed by atoms with Crippen LogP contribution in [0.2, 0.25) is 0 Å². The first-order valence-corrected chi connectivity index (χ1v) is 10.0. The average molecular weight is 385 g/mol. The van der Waals surface area contributed by atoms with E-state index in [4.69, 9.17) is 14.2 Å². The highest BCUT2D eigenvalue weighted by Crippen LogP contribution is 2.27. The normalized spacial score (nSPS) is 15.4. The zero-order valence-corrected chi connectivity index (χ0v) is 17.3. The molecule has 0 bridgehead atoms.